The van der Waals surface area contributed by atoms with Crippen LogP contribution in [0.2, 0.25) is 0 Å². The lowest BCUT2D eigenvalue weighted by Gasteiger charge is -2.10. The monoisotopic (exact) mass is 212 g/mol. The van der Waals surface area contributed by atoms with Crippen LogP contribution in [0.1, 0.15) is 30.1 Å². The molecule has 84 valence electrons. The Morgan fingerprint density at radius 1 is 1.73 bits per heavy atom. The fourth-order valence-electron chi connectivity index (χ4n) is 1.18. The fraction of sp³-hybridized carbons (Fsp3) is 0.600. The number of hydrogen-bond acceptors (Lipinski definition) is 4. The lowest BCUT2D eigenvalue weighted by Crippen LogP contribution is -2.35. The number of nitrogens with zero attached hydrogens (tertiary/aromatic N) is 1. The van der Waals surface area contributed by atoms with Crippen LogP contribution < -0.4 is 5.32 Å². The number of carbonyl (C=O) groups excluding carboxylic acids is 1. The summed E-state index contributed by atoms with van der Waals surface area (Å²) in [5, 5.41) is 6.42. The van der Waals surface area contributed by atoms with Crippen molar-refractivity contribution in [3.8, 4) is 0 Å². The van der Waals surface area contributed by atoms with Gasteiger partial charge in [0.1, 0.15) is 5.76 Å². The van der Waals surface area contributed by atoms with Crippen molar-refractivity contribution in [2.45, 2.75) is 26.3 Å². The zero-order chi connectivity index (χ0) is 11.3. The second-order valence-electron chi connectivity index (χ2n) is 3.36. The van der Waals surface area contributed by atoms with E-state index in [1.54, 1.807) is 13.2 Å². The highest BCUT2D eigenvalue weighted by atomic mass is 16.5. The van der Waals surface area contributed by atoms with Crippen molar-refractivity contribution in [1.29, 1.82) is 0 Å². The van der Waals surface area contributed by atoms with Crippen molar-refractivity contribution in [3.63, 3.8) is 0 Å². The molecule has 0 spiro atoms. The quantitative estimate of drug-likeness (QED) is 0.790. The molecule has 0 radical (unpaired) electrons. The summed E-state index contributed by atoms with van der Waals surface area (Å²) in [5.74, 6) is 0.475. The van der Waals surface area contributed by atoms with Gasteiger partial charge in [-0.05, 0) is 6.92 Å². The first kappa shape index (κ1) is 11.7. The maximum atomic E-state index is 11.6. The van der Waals surface area contributed by atoms with Gasteiger partial charge in [0, 0.05) is 25.6 Å². The van der Waals surface area contributed by atoms with E-state index in [4.69, 9.17) is 9.26 Å². The van der Waals surface area contributed by atoms with Gasteiger partial charge in [-0.2, -0.15) is 0 Å². The number of hydrogen-bond donors (Lipinski definition) is 1. The Bertz CT molecular complexity index is 322. The van der Waals surface area contributed by atoms with Gasteiger partial charge in [-0.3, -0.25) is 4.79 Å². The SMILES string of the molecule is CCc1cc(C(=O)N[C@@H](C)COC)no1. The summed E-state index contributed by atoms with van der Waals surface area (Å²) in [6, 6.07) is 1.61. The molecule has 1 rings (SSSR count). The minimum Gasteiger partial charge on any atom is -0.383 e. The second kappa shape index (κ2) is 5.50. The highest BCUT2D eigenvalue weighted by Crippen LogP contribution is 2.04. The van der Waals surface area contributed by atoms with Crippen LogP contribution in [0, 0.1) is 0 Å². The molecular formula is C10H16N2O3. The molecule has 5 nitrogen and oxygen atoms in total. The summed E-state index contributed by atoms with van der Waals surface area (Å²) < 4.78 is 9.84. The van der Waals surface area contributed by atoms with Crippen LogP contribution in [0.3, 0.4) is 0 Å². The van der Waals surface area contributed by atoms with Crippen LogP contribution in [-0.4, -0.2) is 30.8 Å². The lowest BCUT2D eigenvalue weighted by atomic mass is 10.3. The average molecular weight is 212 g/mol. The highest BCUT2D eigenvalue weighted by Gasteiger charge is 2.13. The van der Waals surface area contributed by atoms with Gasteiger partial charge in [-0.15, -0.1) is 0 Å². The molecule has 1 aromatic rings. The van der Waals surface area contributed by atoms with Gasteiger partial charge in [-0.25, -0.2) is 0 Å². The normalized spacial score (nSPS) is 12.5. The Morgan fingerprint density at radius 2 is 2.47 bits per heavy atom. The molecule has 0 aromatic carbocycles. The van der Waals surface area contributed by atoms with Crippen molar-refractivity contribution in [2.24, 2.45) is 0 Å². The van der Waals surface area contributed by atoms with Crippen LogP contribution in [0.5, 0.6) is 0 Å². The Kier molecular flexibility index (Phi) is 4.30. The molecule has 1 amide bonds. The van der Waals surface area contributed by atoms with E-state index in [2.05, 4.69) is 10.5 Å². The maximum Gasteiger partial charge on any atom is 0.273 e. The predicted molar refractivity (Wildman–Crippen MR) is 54.7 cm³/mol. The third-order valence-electron chi connectivity index (χ3n) is 1.93. The standard InChI is InChI=1S/C10H16N2O3/c1-4-8-5-9(12-15-8)10(13)11-7(2)6-14-3/h5,7H,4,6H2,1-3H3,(H,11,13)/t7-/m0/s1. The fourth-order valence-corrected chi connectivity index (χ4v) is 1.18. The molecule has 1 atom stereocenters. The van der Waals surface area contributed by atoms with Gasteiger partial charge in [0.15, 0.2) is 5.69 Å². The summed E-state index contributed by atoms with van der Waals surface area (Å²) in [6.45, 7) is 4.28. The Balaban J connectivity index is 2.53. The molecule has 0 unspecified atom stereocenters. The molecule has 5 heteroatoms. The van der Waals surface area contributed by atoms with Gasteiger partial charge >= 0.3 is 0 Å². The molecular weight excluding hydrogens is 196 g/mol. The van der Waals surface area contributed by atoms with E-state index in [-0.39, 0.29) is 11.9 Å². The van der Waals surface area contributed by atoms with Gasteiger partial charge in [0.2, 0.25) is 0 Å². The molecule has 0 fully saturated rings. The van der Waals surface area contributed by atoms with Gasteiger partial charge in [-0.1, -0.05) is 12.1 Å². The molecule has 0 aliphatic heterocycles. The zero-order valence-electron chi connectivity index (χ0n) is 9.24. The topological polar surface area (TPSA) is 64.4 Å². The molecule has 0 saturated heterocycles. The maximum absolute atomic E-state index is 11.6. The summed E-state index contributed by atoms with van der Waals surface area (Å²) >= 11 is 0. The summed E-state index contributed by atoms with van der Waals surface area (Å²) in [7, 11) is 1.59. The summed E-state index contributed by atoms with van der Waals surface area (Å²) in [4.78, 5) is 11.6. The van der Waals surface area contributed by atoms with Gasteiger partial charge in [0.25, 0.3) is 5.91 Å². The largest absolute Gasteiger partial charge is 0.383 e. The molecule has 0 aliphatic carbocycles. The Morgan fingerprint density at radius 3 is 3.00 bits per heavy atom. The van der Waals surface area contributed by atoms with Crippen molar-refractivity contribution in [2.75, 3.05) is 13.7 Å². The minimum absolute atomic E-state index is 0.0377. The second-order valence-corrected chi connectivity index (χ2v) is 3.36. The molecule has 0 saturated carbocycles. The Labute approximate surface area is 88.8 Å². The van der Waals surface area contributed by atoms with Crippen molar-refractivity contribution in [3.05, 3.63) is 17.5 Å². The molecule has 1 heterocycles. The number of carbonyl (C=O) groups is 1. The number of aryl methyl sites for hydroxylation is 1. The first-order chi connectivity index (χ1) is 7.17. The number of ether oxygens (including phenoxy) is 1. The molecule has 1 aromatic heterocycles. The molecule has 1 N–H and O–H groups in total. The number of amides is 1. The average Bonchev–Trinajstić information content (AvgIpc) is 2.66. The van der Waals surface area contributed by atoms with Crippen molar-refractivity contribution >= 4 is 5.91 Å². The van der Waals surface area contributed by atoms with E-state index < -0.39 is 0 Å². The molecule has 15 heavy (non-hydrogen) atoms. The van der Waals surface area contributed by atoms with E-state index in [0.29, 0.717) is 18.1 Å². The predicted octanol–water partition coefficient (Wildman–Crippen LogP) is 1.00. The number of rotatable bonds is 5. The van der Waals surface area contributed by atoms with Crippen LogP contribution in [0.4, 0.5) is 0 Å². The van der Waals surface area contributed by atoms with Crippen molar-refractivity contribution in [1.82, 2.24) is 10.5 Å². The van der Waals surface area contributed by atoms with E-state index in [0.717, 1.165) is 6.42 Å². The molecule has 0 bridgehead atoms. The van der Waals surface area contributed by atoms with Crippen LogP contribution in [-0.2, 0) is 11.2 Å². The minimum atomic E-state index is -0.233. The number of methoxy groups -OCH3 is 1. The van der Waals surface area contributed by atoms with Crippen LogP contribution in [0.25, 0.3) is 0 Å². The van der Waals surface area contributed by atoms with E-state index in [9.17, 15) is 4.79 Å². The smallest absolute Gasteiger partial charge is 0.273 e. The first-order valence-corrected chi connectivity index (χ1v) is 4.92. The first-order valence-electron chi connectivity index (χ1n) is 4.92. The van der Waals surface area contributed by atoms with Gasteiger partial charge < -0.3 is 14.6 Å². The highest BCUT2D eigenvalue weighted by molar-refractivity contribution is 5.92. The van der Waals surface area contributed by atoms with Gasteiger partial charge in [0.05, 0.1) is 6.61 Å². The van der Waals surface area contributed by atoms with Crippen LogP contribution >= 0.6 is 0 Å². The zero-order valence-corrected chi connectivity index (χ0v) is 9.24. The summed E-state index contributed by atoms with van der Waals surface area (Å²) in [6.07, 6.45) is 0.730. The number of aromatic nitrogens is 1. The van der Waals surface area contributed by atoms with E-state index in [1.165, 1.54) is 0 Å². The van der Waals surface area contributed by atoms with E-state index >= 15 is 0 Å². The third kappa shape index (κ3) is 3.36. The molecule has 0 aliphatic rings. The Hall–Kier alpha value is -1.36. The van der Waals surface area contributed by atoms with Crippen LogP contribution in [0.15, 0.2) is 10.6 Å². The summed E-state index contributed by atoms with van der Waals surface area (Å²) in [5.41, 5.74) is 0.315. The lowest BCUT2D eigenvalue weighted by molar-refractivity contribution is 0.0896. The third-order valence-corrected chi connectivity index (χ3v) is 1.93. The number of nitrogens with one attached hydrogen (secondary N) is 1. The van der Waals surface area contributed by atoms with E-state index in [1.807, 2.05) is 13.8 Å². The van der Waals surface area contributed by atoms with Crippen molar-refractivity contribution < 1.29 is 14.1 Å².